The Kier molecular flexibility index (Phi) is 6.14. The number of hydrogen-bond donors (Lipinski definition) is 1. The average molecular weight is 372 g/mol. The molecule has 0 unspecified atom stereocenters. The lowest BCUT2D eigenvalue weighted by Gasteiger charge is -2.32. The van der Waals surface area contributed by atoms with Gasteiger partial charge in [-0.05, 0) is 31.9 Å². The fourth-order valence-corrected chi connectivity index (χ4v) is 4.26. The molecule has 1 aromatic rings. The molecule has 146 valence electrons. The lowest BCUT2D eigenvalue weighted by Crippen LogP contribution is -2.53. The van der Waals surface area contributed by atoms with E-state index in [-0.39, 0.29) is 30.8 Å². The number of nitrogens with zero attached hydrogens (tertiary/aromatic N) is 1. The van der Waals surface area contributed by atoms with Crippen molar-refractivity contribution in [3.63, 3.8) is 0 Å². The van der Waals surface area contributed by atoms with E-state index >= 15 is 0 Å². The molecule has 6 heteroatoms. The molecule has 2 amide bonds. The van der Waals surface area contributed by atoms with Crippen molar-refractivity contribution in [3.05, 3.63) is 35.4 Å². The van der Waals surface area contributed by atoms with Crippen molar-refractivity contribution in [1.29, 1.82) is 0 Å². The highest BCUT2D eigenvalue weighted by Gasteiger charge is 2.49. The van der Waals surface area contributed by atoms with Crippen LogP contribution in [0.15, 0.2) is 24.3 Å². The van der Waals surface area contributed by atoms with Crippen molar-refractivity contribution < 1.29 is 19.1 Å². The van der Waals surface area contributed by atoms with Gasteiger partial charge >= 0.3 is 5.97 Å². The van der Waals surface area contributed by atoms with Gasteiger partial charge in [0, 0.05) is 17.9 Å². The Labute approximate surface area is 160 Å². The van der Waals surface area contributed by atoms with Gasteiger partial charge in [-0.1, -0.05) is 49.8 Å². The number of carbonyl (C=O) groups excluding carboxylic acids is 3. The third-order valence-corrected chi connectivity index (χ3v) is 5.68. The summed E-state index contributed by atoms with van der Waals surface area (Å²) in [4.78, 5) is 37.9. The van der Waals surface area contributed by atoms with E-state index in [1.165, 1.54) is 11.4 Å². The molecular formula is C21H28N2O4. The summed E-state index contributed by atoms with van der Waals surface area (Å²) in [6, 6.07) is 6.37. The van der Waals surface area contributed by atoms with Crippen molar-refractivity contribution in [3.8, 4) is 0 Å². The molecule has 0 radical (unpaired) electrons. The van der Waals surface area contributed by atoms with Crippen molar-refractivity contribution in [2.75, 3.05) is 6.61 Å². The Morgan fingerprint density at radius 2 is 1.81 bits per heavy atom. The first-order valence-corrected chi connectivity index (χ1v) is 9.87. The van der Waals surface area contributed by atoms with Crippen molar-refractivity contribution in [2.45, 2.75) is 58.4 Å². The summed E-state index contributed by atoms with van der Waals surface area (Å²) in [6.07, 6.45) is 5.78. The Bertz CT molecular complexity index is 695. The smallest absolute Gasteiger partial charge is 0.331 e. The fourth-order valence-electron chi connectivity index (χ4n) is 4.26. The quantitative estimate of drug-likeness (QED) is 0.806. The van der Waals surface area contributed by atoms with E-state index in [1.54, 1.807) is 19.1 Å². The normalized spacial score (nSPS) is 23.3. The minimum absolute atomic E-state index is 0.102. The minimum Gasteiger partial charge on any atom is -0.464 e. The van der Waals surface area contributed by atoms with E-state index in [9.17, 15) is 14.4 Å². The number of nitrogens with one attached hydrogen (secondary N) is 1. The molecule has 1 saturated carbocycles. The van der Waals surface area contributed by atoms with Crippen LogP contribution in [0.1, 0.15) is 61.4 Å². The number of carbonyl (C=O) groups is 3. The molecule has 0 spiro atoms. The zero-order valence-electron chi connectivity index (χ0n) is 16.1. The molecule has 1 saturated heterocycles. The molecule has 1 aromatic carbocycles. The number of hydrogen-bond acceptors (Lipinski definition) is 4. The number of hydrazine groups is 1. The number of ether oxygens (including phenoxy) is 1. The van der Waals surface area contributed by atoms with Gasteiger partial charge in [0.05, 0.1) is 6.61 Å². The SMILES string of the molecule is CCOC(=O)[C@@H]1[C@H](C2CCCCC2)CC(=O)N1NC(=O)c1ccc(C)cc1. The van der Waals surface area contributed by atoms with Crippen molar-refractivity contribution in [2.24, 2.45) is 11.8 Å². The van der Waals surface area contributed by atoms with Crippen LogP contribution in [0.25, 0.3) is 0 Å². The molecule has 2 aliphatic rings. The van der Waals surface area contributed by atoms with Crippen LogP contribution >= 0.6 is 0 Å². The van der Waals surface area contributed by atoms with Gasteiger partial charge in [0.1, 0.15) is 0 Å². The lowest BCUT2D eigenvalue weighted by atomic mass is 9.76. The molecule has 1 N–H and O–H groups in total. The standard InChI is InChI=1S/C21H28N2O4/c1-3-27-21(26)19-17(15-7-5-4-6-8-15)13-18(24)23(19)22-20(25)16-11-9-14(2)10-12-16/h9-12,15,17,19H,3-8,13H2,1-2H3,(H,22,25)/t17-,19-/m0/s1. The summed E-state index contributed by atoms with van der Waals surface area (Å²) in [7, 11) is 0. The molecule has 2 atom stereocenters. The van der Waals surface area contributed by atoms with E-state index in [2.05, 4.69) is 5.43 Å². The molecule has 27 heavy (non-hydrogen) atoms. The number of rotatable bonds is 5. The van der Waals surface area contributed by atoms with Crippen LogP contribution in [0.5, 0.6) is 0 Å². The first-order chi connectivity index (χ1) is 13.0. The fraction of sp³-hybridized carbons (Fsp3) is 0.571. The molecule has 3 rings (SSSR count). The molecule has 0 bridgehead atoms. The second-order valence-corrected chi connectivity index (χ2v) is 7.53. The van der Waals surface area contributed by atoms with Crippen LogP contribution in [-0.4, -0.2) is 35.4 Å². The Morgan fingerprint density at radius 1 is 1.15 bits per heavy atom. The number of aryl methyl sites for hydroxylation is 1. The summed E-state index contributed by atoms with van der Waals surface area (Å²) in [5.74, 6) is -0.817. The molecule has 2 fully saturated rings. The number of benzene rings is 1. The van der Waals surface area contributed by atoms with Gasteiger partial charge in [0.15, 0.2) is 6.04 Å². The number of amides is 2. The van der Waals surface area contributed by atoms with Gasteiger partial charge in [-0.3, -0.25) is 15.0 Å². The largest absolute Gasteiger partial charge is 0.464 e. The molecule has 0 aromatic heterocycles. The molecule has 6 nitrogen and oxygen atoms in total. The second kappa shape index (κ2) is 8.55. The monoisotopic (exact) mass is 372 g/mol. The highest BCUT2D eigenvalue weighted by molar-refractivity contribution is 5.97. The Balaban J connectivity index is 1.80. The summed E-state index contributed by atoms with van der Waals surface area (Å²) in [5.41, 5.74) is 4.17. The molecular weight excluding hydrogens is 344 g/mol. The summed E-state index contributed by atoms with van der Waals surface area (Å²) in [5, 5.41) is 1.22. The van der Waals surface area contributed by atoms with Crippen molar-refractivity contribution >= 4 is 17.8 Å². The third-order valence-electron chi connectivity index (χ3n) is 5.68. The second-order valence-electron chi connectivity index (χ2n) is 7.53. The van der Waals surface area contributed by atoms with Crippen molar-refractivity contribution in [1.82, 2.24) is 10.4 Å². The number of esters is 1. The first-order valence-electron chi connectivity index (χ1n) is 9.87. The zero-order chi connectivity index (χ0) is 19.4. The van der Waals surface area contributed by atoms with Crippen LogP contribution in [0, 0.1) is 18.8 Å². The molecule has 1 aliphatic carbocycles. The molecule has 1 aliphatic heterocycles. The topological polar surface area (TPSA) is 75.7 Å². The maximum absolute atomic E-state index is 12.7. The van der Waals surface area contributed by atoms with Gasteiger partial charge < -0.3 is 4.74 Å². The van der Waals surface area contributed by atoms with Gasteiger partial charge in [-0.2, -0.15) is 0 Å². The van der Waals surface area contributed by atoms with E-state index in [1.807, 2.05) is 19.1 Å². The summed E-state index contributed by atoms with van der Waals surface area (Å²) < 4.78 is 5.24. The predicted molar refractivity (Wildman–Crippen MR) is 101 cm³/mol. The van der Waals surface area contributed by atoms with Gasteiger partial charge in [-0.25, -0.2) is 9.80 Å². The van der Waals surface area contributed by atoms with Gasteiger partial charge in [0.2, 0.25) is 5.91 Å². The van der Waals surface area contributed by atoms with Crippen LogP contribution in [0.4, 0.5) is 0 Å². The first kappa shape index (κ1) is 19.4. The minimum atomic E-state index is -0.741. The van der Waals surface area contributed by atoms with E-state index < -0.39 is 12.0 Å². The Hall–Kier alpha value is -2.37. The lowest BCUT2D eigenvalue weighted by molar-refractivity contribution is -0.154. The van der Waals surface area contributed by atoms with E-state index in [0.717, 1.165) is 31.2 Å². The van der Waals surface area contributed by atoms with Crippen LogP contribution < -0.4 is 5.43 Å². The van der Waals surface area contributed by atoms with Gasteiger partial charge in [0.25, 0.3) is 5.91 Å². The van der Waals surface area contributed by atoms with Crippen LogP contribution in [0.2, 0.25) is 0 Å². The summed E-state index contributed by atoms with van der Waals surface area (Å²) in [6.45, 7) is 3.94. The maximum atomic E-state index is 12.7. The van der Waals surface area contributed by atoms with E-state index in [0.29, 0.717) is 11.5 Å². The highest BCUT2D eigenvalue weighted by atomic mass is 16.5. The average Bonchev–Trinajstić information content (AvgIpc) is 2.99. The zero-order valence-corrected chi connectivity index (χ0v) is 16.1. The van der Waals surface area contributed by atoms with Crippen LogP contribution in [0.3, 0.4) is 0 Å². The third kappa shape index (κ3) is 4.31. The maximum Gasteiger partial charge on any atom is 0.331 e. The van der Waals surface area contributed by atoms with Gasteiger partial charge in [-0.15, -0.1) is 0 Å². The molecule has 1 heterocycles. The predicted octanol–water partition coefficient (Wildman–Crippen LogP) is 3.00. The summed E-state index contributed by atoms with van der Waals surface area (Å²) >= 11 is 0. The highest BCUT2D eigenvalue weighted by Crippen LogP contribution is 2.39. The van der Waals surface area contributed by atoms with E-state index in [4.69, 9.17) is 4.74 Å². The van der Waals surface area contributed by atoms with Crippen LogP contribution in [-0.2, 0) is 14.3 Å². The Morgan fingerprint density at radius 3 is 2.44 bits per heavy atom.